The van der Waals surface area contributed by atoms with Gasteiger partial charge in [0.25, 0.3) is 5.91 Å². The van der Waals surface area contributed by atoms with Gasteiger partial charge in [0.2, 0.25) is 0 Å². The van der Waals surface area contributed by atoms with Gasteiger partial charge in [0, 0.05) is 28.5 Å². The van der Waals surface area contributed by atoms with E-state index in [2.05, 4.69) is 36.6 Å². The highest BCUT2D eigenvalue weighted by molar-refractivity contribution is 6.12. The third-order valence-corrected chi connectivity index (χ3v) is 7.08. The maximum absolute atomic E-state index is 13.5. The van der Waals surface area contributed by atoms with E-state index in [4.69, 9.17) is 9.47 Å². The molecule has 0 aromatic heterocycles. The van der Waals surface area contributed by atoms with E-state index < -0.39 is 0 Å². The number of unbranched alkanes of at least 4 members (excludes halogenated alkanes) is 5. The molecule has 182 valence electrons. The smallest absolute Gasteiger partial charge is 0.333 e. The lowest BCUT2D eigenvalue weighted by Gasteiger charge is -2.38. The molecule has 1 spiro atoms. The van der Waals surface area contributed by atoms with Gasteiger partial charge in [-0.15, -0.1) is 0 Å². The lowest BCUT2D eigenvalue weighted by Crippen LogP contribution is -2.44. The van der Waals surface area contributed by atoms with Crippen LogP contribution in [-0.4, -0.2) is 36.5 Å². The van der Waals surface area contributed by atoms with Crippen LogP contribution in [0.25, 0.3) is 10.8 Å². The van der Waals surface area contributed by atoms with Gasteiger partial charge in [-0.25, -0.2) is 4.79 Å². The van der Waals surface area contributed by atoms with Crippen molar-refractivity contribution in [3.63, 3.8) is 0 Å². The zero-order chi connectivity index (χ0) is 24.1. The molecule has 1 amide bonds. The molecule has 5 nitrogen and oxygen atoms in total. The minimum Gasteiger partial charge on any atom is -0.493 e. The summed E-state index contributed by atoms with van der Waals surface area (Å²) in [6, 6.07) is 10.3. The second-order valence-electron chi connectivity index (χ2n) is 9.71. The Morgan fingerprint density at radius 1 is 1.03 bits per heavy atom. The fourth-order valence-electron chi connectivity index (χ4n) is 5.08. The first kappa shape index (κ1) is 24.3. The highest BCUT2D eigenvalue weighted by Gasteiger charge is 2.55. The van der Waals surface area contributed by atoms with E-state index in [1.54, 1.807) is 6.92 Å². The quantitative estimate of drug-likeness (QED) is 0.192. The van der Waals surface area contributed by atoms with Crippen molar-refractivity contribution in [2.45, 2.75) is 77.2 Å². The van der Waals surface area contributed by atoms with Gasteiger partial charge >= 0.3 is 5.97 Å². The number of hydrogen-bond acceptors (Lipinski definition) is 4. The summed E-state index contributed by atoms with van der Waals surface area (Å²) in [6.07, 6.45) is 9.36. The Kier molecular flexibility index (Phi) is 7.60. The molecule has 0 bridgehead atoms. The predicted octanol–water partition coefficient (Wildman–Crippen LogP) is 6.53. The molecular weight excluding hydrogens is 426 g/mol. The number of hydrogen-bond donors (Lipinski definition) is 0. The fourth-order valence-corrected chi connectivity index (χ4v) is 5.08. The topological polar surface area (TPSA) is 55.8 Å². The van der Waals surface area contributed by atoms with Gasteiger partial charge in [-0.3, -0.25) is 4.79 Å². The molecule has 0 unspecified atom stereocenters. The van der Waals surface area contributed by atoms with Crippen molar-refractivity contribution in [1.29, 1.82) is 0 Å². The zero-order valence-electron chi connectivity index (χ0n) is 20.7. The van der Waals surface area contributed by atoms with Crippen LogP contribution in [0.15, 0.2) is 42.5 Å². The normalized spacial score (nSPS) is 15.6. The van der Waals surface area contributed by atoms with Crippen LogP contribution in [0, 0.1) is 0 Å². The summed E-state index contributed by atoms with van der Waals surface area (Å²) in [5.41, 5.74) is 2.41. The number of amides is 1. The summed E-state index contributed by atoms with van der Waals surface area (Å²) in [5.74, 6) is 0.686. The molecule has 0 N–H and O–H groups in total. The van der Waals surface area contributed by atoms with Gasteiger partial charge in [0.05, 0.1) is 18.8 Å². The van der Waals surface area contributed by atoms with E-state index in [9.17, 15) is 9.59 Å². The van der Waals surface area contributed by atoms with Crippen molar-refractivity contribution < 1.29 is 19.1 Å². The van der Waals surface area contributed by atoms with Gasteiger partial charge in [-0.1, -0.05) is 51.0 Å². The summed E-state index contributed by atoms with van der Waals surface area (Å²) in [5, 5.41) is 2.12. The predicted molar refractivity (Wildman–Crippen MR) is 135 cm³/mol. The van der Waals surface area contributed by atoms with Gasteiger partial charge in [0.15, 0.2) is 0 Å². The lowest BCUT2D eigenvalue weighted by atomic mass is 9.87. The van der Waals surface area contributed by atoms with E-state index in [-0.39, 0.29) is 17.4 Å². The molecule has 1 fully saturated rings. The molecule has 2 aromatic rings. The third kappa shape index (κ3) is 4.84. The number of rotatable bonds is 13. The standard InChI is InChI=1S/C29H37NO4/c1-4-5-6-8-18-30-27(31)23-13-11-12-22-25(15-14-24(26(22)23)29(30)16-17-29)33-19-9-7-10-20-34-28(32)21(2)3/h11-15H,2,4-10,16-20H2,1,3H3. The van der Waals surface area contributed by atoms with Gasteiger partial charge in [0.1, 0.15) is 5.75 Å². The number of ether oxygens (including phenoxy) is 2. The van der Waals surface area contributed by atoms with E-state index in [1.807, 2.05) is 12.1 Å². The first-order valence-corrected chi connectivity index (χ1v) is 12.8. The summed E-state index contributed by atoms with van der Waals surface area (Å²) in [7, 11) is 0. The maximum Gasteiger partial charge on any atom is 0.333 e. The summed E-state index contributed by atoms with van der Waals surface area (Å²) in [6.45, 7) is 9.30. The van der Waals surface area contributed by atoms with Crippen molar-refractivity contribution in [1.82, 2.24) is 4.90 Å². The molecule has 1 heterocycles. The minimum atomic E-state index is -0.331. The number of fused-ring (bicyclic) bond motifs is 1. The summed E-state index contributed by atoms with van der Waals surface area (Å²) >= 11 is 0. The Bertz CT molecular complexity index is 1070. The second kappa shape index (κ2) is 10.6. The van der Waals surface area contributed by atoms with E-state index >= 15 is 0 Å². The first-order valence-electron chi connectivity index (χ1n) is 12.8. The Hall–Kier alpha value is -2.82. The van der Waals surface area contributed by atoms with Gasteiger partial charge < -0.3 is 14.4 Å². The highest BCUT2D eigenvalue weighted by Crippen LogP contribution is 2.57. The molecule has 2 aromatic carbocycles. The van der Waals surface area contributed by atoms with Crippen molar-refractivity contribution in [3.8, 4) is 5.75 Å². The van der Waals surface area contributed by atoms with E-state index in [1.165, 1.54) is 24.8 Å². The van der Waals surface area contributed by atoms with Crippen molar-refractivity contribution in [3.05, 3.63) is 53.6 Å². The molecule has 0 saturated heterocycles. The first-order chi connectivity index (χ1) is 16.5. The average molecular weight is 464 g/mol. The Morgan fingerprint density at radius 3 is 2.53 bits per heavy atom. The van der Waals surface area contributed by atoms with E-state index in [0.717, 1.165) is 67.2 Å². The van der Waals surface area contributed by atoms with E-state index in [0.29, 0.717) is 18.8 Å². The minimum absolute atomic E-state index is 0.115. The number of carbonyl (C=O) groups excluding carboxylic acids is 2. The SMILES string of the molecule is C=C(C)C(=O)OCCCCCOc1ccc2c3c(cccc13)C(=O)N(CCCCCC)C21CC1. The molecule has 1 aliphatic carbocycles. The Balaban J connectivity index is 1.41. The fraction of sp³-hybridized carbons (Fsp3) is 0.517. The van der Waals surface area contributed by atoms with Gasteiger partial charge in [-0.2, -0.15) is 0 Å². The summed E-state index contributed by atoms with van der Waals surface area (Å²) in [4.78, 5) is 27.1. The molecule has 5 heteroatoms. The van der Waals surface area contributed by atoms with Crippen LogP contribution < -0.4 is 4.74 Å². The molecule has 2 aliphatic rings. The maximum atomic E-state index is 13.5. The zero-order valence-corrected chi connectivity index (χ0v) is 20.7. The Morgan fingerprint density at radius 2 is 1.79 bits per heavy atom. The number of nitrogens with zero attached hydrogens (tertiary/aromatic N) is 1. The highest BCUT2D eigenvalue weighted by atomic mass is 16.5. The molecule has 4 rings (SSSR count). The van der Waals surface area contributed by atoms with Crippen molar-refractivity contribution in [2.24, 2.45) is 0 Å². The molecule has 1 aliphatic heterocycles. The van der Waals surface area contributed by atoms with Crippen LogP contribution in [0.5, 0.6) is 5.75 Å². The van der Waals surface area contributed by atoms with Crippen molar-refractivity contribution in [2.75, 3.05) is 19.8 Å². The van der Waals surface area contributed by atoms with Crippen LogP contribution in [-0.2, 0) is 15.1 Å². The number of esters is 1. The molecule has 34 heavy (non-hydrogen) atoms. The molecule has 0 atom stereocenters. The largest absolute Gasteiger partial charge is 0.493 e. The number of carbonyl (C=O) groups is 2. The Labute approximate surface area is 203 Å². The number of benzene rings is 2. The van der Waals surface area contributed by atoms with Crippen LogP contribution in [0.3, 0.4) is 0 Å². The summed E-state index contributed by atoms with van der Waals surface area (Å²) < 4.78 is 11.3. The van der Waals surface area contributed by atoms with Crippen LogP contribution in [0.1, 0.15) is 87.6 Å². The lowest BCUT2D eigenvalue weighted by molar-refractivity contribution is -0.139. The van der Waals surface area contributed by atoms with Crippen LogP contribution in [0.2, 0.25) is 0 Å². The average Bonchev–Trinajstić information content (AvgIpc) is 3.62. The second-order valence-corrected chi connectivity index (χ2v) is 9.71. The molecule has 1 saturated carbocycles. The molecular formula is C29H37NO4. The molecule has 0 radical (unpaired) electrons. The van der Waals surface area contributed by atoms with Gasteiger partial charge in [-0.05, 0) is 63.1 Å². The van der Waals surface area contributed by atoms with Crippen LogP contribution >= 0.6 is 0 Å². The van der Waals surface area contributed by atoms with Crippen LogP contribution in [0.4, 0.5) is 0 Å². The third-order valence-electron chi connectivity index (χ3n) is 7.08. The van der Waals surface area contributed by atoms with Crippen molar-refractivity contribution >= 4 is 22.6 Å². The monoisotopic (exact) mass is 463 g/mol.